The first-order chi connectivity index (χ1) is 13.6. The van der Waals surface area contributed by atoms with Gasteiger partial charge in [0, 0.05) is 38.3 Å². The summed E-state index contributed by atoms with van der Waals surface area (Å²) in [6, 6.07) is 16.8. The SMILES string of the molecule is N#Cc1cc(CN2CC(C3CCCN(C(=O)c4ccccc4)C3)C2)ccc1O. The zero-order chi connectivity index (χ0) is 19.5. The summed E-state index contributed by atoms with van der Waals surface area (Å²) in [6.07, 6.45) is 2.26. The van der Waals surface area contributed by atoms with Crippen LogP contribution in [0.5, 0.6) is 5.75 Å². The number of hydrogen-bond acceptors (Lipinski definition) is 4. The van der Waals surface area contributed by atoms with E-state index >= 15 is 0 Å². The summed E-state index contributed by atoms with van der Waals surface area (Å²) >= 11 is 0. The second kappa shape index (κ2) is 8.04. The number of carbonyl (C=O) groups is 1. The molecule has 4 rings (SSSR count). The Morgan fingerprint density at radius 2 is 1.89 bits per heavy atom. The normalized spacial score (nSPS) is 20.4. The molecule has 2 fully saturated rings. The van der Waals surface area contributed by atoms with E-state index in [0.717, 1.165) is 50.3 Å². The first-order valence-electron chi connectivity index (χ1n) is 9.92. The molecule has 5 heteroatoms. The second-order valence-electron chi connectivity index (χ2n) is 7.94. The molecule has 28 heavy (non-hydrogen) atoms. The summed E-state index contributed by atoms with van der Waals surface area (Å²) in [5, 5.41) is 18.7. The topological polar surface area (TPSA) is 67.6 Å². The van der Waals surface area contributed by atoms with Crippen LogP contribution in [-0.2, 0) is 6.54 Å². The maximum Gasteiger partial charge on any atom is 0.253 e. The van der Waals surface area contributed by atoms with Crippen molar-refractivity contribution in [3.63, 3.8) is 0 Å². The van der Waals surface area contributed by atoms with E-state index in [1.165, 1.54) is 6.42 Å². The van der Waals surface area contributed by atoms with Gasteiger partial charge >= 0.3 is 0 Å². The van der Waals surface area contributed by atoms with E-state index in [9.17, 15) is 9.90 Å². The summed E-state index contributed by atoms with van der Waals surface area (Å²) in [5.74, 6) is 1.37. The van der Waals surface area contributed by atoms with Crippen molar-refractivity contribution in [2.24, 2.45) is 11.8 Å². The van der Waals surface area contributed by atoms with Crippen molar-refractivity contribution in [2.45, 2.75) is 19.4 Å². The Kier molecular flexibility index (Phi) is 5.31. The van der Waals surface area contributed by atoms with Crippen LogP contribution in [0.15, 0.2) is 48.5 Å². The zero-order valence-corrected chi connectivity index (χ0v) is 15.9. The summed E-state index contributed by atoms with van der Waals surface area (Å²) in [4.78, 5) is 17.1. The molecule has 2 heterocycles. The number of aromatic hydroxyl groups is 1. The number of rotatable bonds is 4. The molecule has 2 saturated heterocycles. The highest BCUT2D eigenvalue weighted by molar-refractivity contribution is 5.94. The number of phenolic OH excluding ortho intramolecular Hbond substituents is 1. The molecule has 2 aromatic rings. The number of piperidine rings is 1. The molecule has 0 saturated carbocycles. The van der Waals surface area contributed by atoms with E-state index in [1.807, 2.05) is 47.4 Å². The Hall–Kier alpha value is -2.84. The van der Waals surface area contributed by atoms with Gasteiger partial charge in [-0.2, -0.15) is 5.26 Å². The van der Waals surface area contributed by atoms with Crippen LogP contribution in [0.3, 0.4) is 0 Å². The van der Waals surface area contributed by atoms with Crippen LogP contribution in [0.25, 0.3) is 0 Å². The predicted molar refractivity (Wildman–Crippen MR) is 107 cm³/mol. The standard InChI is InChI=1S/C23H25N3O2/c24-12-20-11-17(8-9-22(20)27)13-25-14-21(15-25)19-7-4-10-26(16-19)23(28)18-5-2-1-3-6-18/h1-3,5-6,8-9,11,19,21,27H,4,7,10,13-16H2. The van der Waals surface area contributed by atoms with Gasteiger partial charge in [0.25, 0.3) is 5.91 Å². The number of amides is 1. The Balaban J connectivity index is 1.31. The lowest BCUT2D eigenvalue weighted by Crippen LogP contribution is -2.53. The molecule has 1 unspecified atom stereocenters. The Morgan fingerprint density at radius 1 is 1.11 bits per heavy atom. The van der Waals surface area contributed by atoms with Gasteiger partial charge in [-0.15, -0.1) is 0 Å². The highest BCUT2D eigenvalue weighted by Gasteiger charge is 2.36. The van der Waals surface area contributed by atoms with E-state index in [2.05, 4.69) is 4.90 Å². The Labute approximate surface area is 165 Å². The smallest absolute Gasteiger partial charge is 0.253 e. The van der Waals surface area contributed by atoms with Gasteiger partial charge in [0.05, 0.1) is 5.56 Å². The van der Waals surface area contributed by atoms with Gasteiger partial charge in [-0.05, 0) is 54.5 Å². The van der Waals surface area contributed by atoms with Crippen molar-refractivity contribution in [1.29, 1.82) is 5.26 Å². The molecule has 144 valence electrons. The fraction of sp³-hybridized carbons (Fsp3) is 0.391. The van der Waals surface area contributed by atoms with Gasteiger partial charge in [-0.3, -0.25) is 9.69 Å². The summed E-state index contributed by atoms with van der Waals surface area (Å²) < 4.78 is 0. The lowest BCUT2D eigenvalue weighted by Gasteiger charge is -2.46. The molecule has 2 aromatic carbocycles. The third kappa shape index (κ3) is 3.88. The largest absolute Gasteiger partial charge is 0.507 e. The van der Waals surface area contributed by atoms with Crippen molar-refractivity contribution in [3.05, 3.63) is 65.2 Å². The molecule has 0 spiro atoms. The van der Waals surface area contributed by atoms with Crippen molar-refractivity contribution in [1.82, 2.24) is 9.80 Å². The van der Waals surface area contributed by atoms with Crippen molar-refractivity contribution < 1.29 is 9.90 Å². The third-order valence-electron chi connectivity index (χ3n) is 6.01. The molecule has 1 N–H and O–H groups in total. The van der Waals surface area contributed by atoms with Crippen LogP contribution >= 0.6 is 0 Å². The van der Waals surface area contributed by atoms with Gasteiger partial charge in [0.2, 0.25) is 0 Å². The fourth-order valence-electron chi connectivity index (χ4n) is 4.41. The molecule has 0 bridgehead atoms. The van der Waals surface area contributed by atoms with Crippen molar-refractivity contribution in [3.8, 4) is 11.8 Å². The van der Waals surface area contributed by atoms with Gasteiger partial charge in [0.1, 0.15) is 11.8 Å². The van der Waals surface area contributed by atoms with Crippen LogP contribution in [0.1, 0.15) is 34.3 Å². The highest BCUT2D eigenvalue weighted by atomic mass is 16.3. The maximum absolute atomic E-state index is 12.7. The van der Waals surface area contributed by atoms with E-state index in [-0.39, 0.29) is 11.7 Å². The minimum atomic E-state index is 0.0399. The quantitative estimate of drug-likeness (QED) is 0.891. The number of carbonyl (C=O) groups excluding carboxylic acids is 1. The van der Waals surface area contributed by atoms with Crippen LogP contribution in [-0.4, -0.2) is 47.0 Å². The molecule has 5 nitrogen and oxygen atoms in total. The molecule has 1 amide bonds. The van der Waals surface area contributed by atoms with Crippen molar-refractivity contribution >= 4 is 5.91 Å². The van der Waals surface area contributed by atoms with Crippen molar-refractivity contribution in [2.75, 3.05) is 26.2 Å². The van der Waals surface area contributed by atoms with E-state index < -0.39 is 0 Å². The molecule has 0 radical (unpaired) electrons. The molecular weight excluding hydrogens is 350 g/mol. The zero-order valence-electron chi connectivity index (χ0n) is 15.9. The van der Waals surface area contributed by atoms with Gasteiger partial charge < -0.3 is 10.0 Å². The fourth-order valence-corrected chi connectivity index (χ4v) is 4.41. The number of benzene rings is 2. The van der Waals surface area contributed by atoms with E-state index in [1.54, 1.807) is 12.1 Å². The minimum Gasteiger partial charge on any atom is -0.507 e. The predicted octanol–water partition coefficient (Wildman–Crippen LogP) is 3.25. The van der Waals surface area contributed by atoms with Crippen LogP contribution in [0, 0.1) is 23.2 Å². The average molecular weight is 375 g/mol. The summed E-state index contributed by atoms with van der Waals surface area (Å²) in [6.45, 7) is 4.56. The molecule has 1 atom stereocenters. The molecule has 2 aliphatic rings. The molecule has 0 aromatic heterocycles. The maximum atomic E-state index is 12.7. The molecule has 0 aliphatic carbocycles. The van der Waals surface area contributed by atoms with Crippen LogP contribution < -0.4 is 0 Å². The number of hydrogen-bond donors (Lipinski definition) is 1. The Morgan fingerprint density at radius 3 is 2.64 bits per heavy atom. The number of nitrogens with zero attached hydrogens (tertiary/aromatic N) is 3. The third-order valence-corrected chi connectivity index (χ3v) is 6.01. The lowest BCUT2D eigenvalue weighted by atomic mass is 9.80. The average Bonchev–Trinajstić information content (AvgIpc) is 2.71. The lowest BCUT2D eigenvalue weighted by molar-refractivity contribution is 0.0170. The van der Waals surface area contributed by atoms with Crippen LogP contribution in [0.2, 0.25) is 0 Å². The van der Waals surface area contributed by atoms with Gasteiger partial charge in [-0.1, -0.05) is 24.3 Å². The number of likely N-dealkylation sites (tertiary alicyclic amines) is 2. The molecular formula is C23H25N3O2. The Bertz CT molecular complexity index is 884. The highest BCUT2D eigenvalue weighted by Crippen LogP contribution is 2.32. The summed E-state index contributed by atoms with van der Waals surface area (Å²) in [7, 11) is 0. The van der Waals surface area contributed by atoms with Crippen LogP contribution in [0.4, 0.5) is 0 Å². The first kappa shape index (κ1) is 18.5. The molecule has 2 aliphatic heterocycles. The number of nitriles is 1. The summed E-state index contributed by atoms with van der Waals surface area (Å²) in [5.41, 5.74) is 2.16. The number of phenols is 1. The van der Waals surface area contributed by atoms with Gasteiger partial charge in [-0.25, -0.2) is 0 Å². The monoisotopic (exact) mass is 375 g/mol. The van der Waals surface area contributed by atoms with Gasteiger partial charge in [0.15, 0.2) is 0 Å². The minimum absolute atomic E-state index is 0.0399. The van der Waals surface area contributed by atoms with E-state index in [4.69, 9.17) is 5.26 Å². The van der Waals surface area contributed by atoms with E-state index in [0.29, 0.717) is 17.4 Å². The first-order valence-corrected chi connectivity index (χ1v) is 9.92. The second-order valence-corrected chi connectivity index (χ2v) is 7.94.